The third kappa shape index (κ3) is 2.47. The predicted molar refractivity (Wildman–Crippen MR) is 75.1 cm³/mol. The number of carbonyl (C=O) groups is 1. The van der Waals surface area contributed by atoms with Crippen molar-refractivity contribution < 1.29 is 4.79 Å². The zero-order valence-electron chi connectivity index (χ0n) is 8.75. The minimum atomic E-state index is 0.227. The highest BCUT2D eigenvalue weighted by Gasteiger charge is 2.14. The van der Waals surface area contributed by atoms with Gasteiger partial charge in [-0.3, -0.25) is 4.79 Å². The number of carbonyl (C=O) groups excluding carboxylic acids is 1. The van der Waals surface area contributed by atoms with Gasteiger partial charge in [-0.2, -0.15) is 0 Å². The van der Waals surface area contributed by atoms with Gasteiger partial charge in [-0.25, -0.2) is 4.98 Å². The lowest BCUT2D eigenvalue weighted by atomic mass is 10.1. The maximum absolute atomic E-state index is 10.7. The van der Waals surface area contributed by atoms with Crippen molar-refractivity contribution >= 4 is 52.7 Å². The van der Waals surface area contributed by atoms with E-state index in [0.717, 1.165) is 0 Å². The van der Waals surface area contributed by atoms with Crippen molar-refractivity contribution in [2.24, 2.45) is 0 Å². The molecule has 18 heavy (non-hydrogen) atoms. The summed E-state index contributed by atoms with van der Waals surface area (Å²) in [7, 11) is 0. The molecule has 2 aromatic rings. The summed E-state index contributed by atoms with van der Waals surface area (Å²) in [5.74, 6) is 0. The Morgan fingerprint density at radius 3 is 2.22 bits per heavy atom. The van der Waals surface area contributed by atoms with Gasteiger partial charge in [-0.15, -0.1) is 0 Å². The van der Waals surface area contributed by atoms with E-state index in [2.05, 4.69) is 4.98 Å². The lowest BCUT2D eigenvalue weighted by Crippen LogP contribution is -1.92. The fraction of sp³-hybridized carbons (Fsp3) is 0. The Bertz CT molecular complexity index is 628. The number of aromatic nitrogens is 1. The molecule has 1 aromatic heterocycles. The van der Waals surface area contributed by atoms with Crippen molar-refractivity contribution in [2.75, 3.05) is 0 Å². The number of benzene rings is 1. The summed E-state index contributed by atoms with van der Waals surface area (Å²) < 4.78 is 0. The molecule has 0 aliphatic rings. The van der Waals surface area contributed by atoms with Gasteiger partial charge in [0, 0.05) is 5.56 Å². The van der Waals surface area contributed by atoms with Crippen molar-refractivity contribution in [2.45, 2.75) is 0 Å². The average Bonchev–Trinajstić information content (AvgIpc) is 2.37. The summed E-state index contributed by atoms with van der Waals surface area (Å²) in [6.07, 6.45) is 0.630. The van der Waals surface area contributed by atoms with Crippen LogP contribution < -0.4 is 0 Å². The molecule has 0 aliphatic heterocycles. The molecule has 2 nitrogen and oxygen atoms in total. The van der Waals surface area contributed by atoms with Crippen molar-refractivity contribution in [3.8, 4) is 11.3 Å². The smallest absolute Gasteiger partial charge is 0.168 e. The minimum Gasteiger partial charge on any atom is -0.296 e. The summed E-state index contributed by atoms with van der Waals surface area (Å²) in [6, 6.07) is 6.34. The number of rotatable bonds is 2. The number of hydrogen-bond donors (Lipinski definition) is 0. The first-order valence-corrected chi connectivity index (χ1v) is 6.31. The van der Waals surface area contributed by atoms with Gasteiger partial charge in [0.1, 0.15) is 5.69 Å². The Morgan fingerprint density at radius 1 is 0.889 bits per heavy atom. The first kappa shape index (κ1) is 13.6. The van der Waals surface area contributed by atoms with Crippen LogP contribution in [0.25, 0.3) is 11.3 Å². The van der Waals surface area contributed by atoms with Crippen molar-refractivity contribution in [1.29, 1.82) is 0 Å². The van der Waals surface area contributed by atoms with Crippen molar-refractivity contribution in [1.82, 2.24) is 4.98 Å². The molecule has 6 heteroatoms. The van der Waals surface area contributed by atoms with E-state index in [1.807, 2.05) is 0 Å². The Kier molecular flexibility index (Phi) is 4.13. The second-order valence-corrected chi connectivity index (χ2v) is 4.98. The molecule has 1 aromatic carbocycles. The zero-order chi connectivity index (χ0) is 13.3. The van der Waals surface area contributed by atoms with Crippen molar-refractivity contribution in [3.63, 3.8) is 0 Å². The SMILES string of the molecule is O=Cc1ccc(Cl)c(-c2ccc(Cl)c(Cl)c2Cl)n1. The Morgan fingerprint density at radius 2 is 1.56 bits per heavy atom. The van der Waals surface area contributed by atoms with E-state index in [-0.39, 0.29) is 15.7 Å². The number of hydrogen-bond acceptors (Lipinski definition) is 2. The van der Waals surface area contributed by atoms with Crippen LogP contribution in [0.3, 0.4) is 0 Å². The molecule has 0 aliphatic carbocycles. The maximum Gasteiger partial charge on any atom is 0.168 e. The van der Waals surface area contributed by atoms with Crippen LogP contribution in [0.15, 0.2) is 24.3 Å². The van der Waals surface area contributed by atoms with Crippen LogP contribution in [-0.4, -0.2) is 11.3 Å². The predicted octanol–water partition coefficient (Wildman–Crippen LogP) is 5.17. The van der Waals surface area contributed by atoms with E-state index in [1.54, 1.807) is 18.2 Å². The highest BCUT2D eigenvalue weighted by Crippen LogP contribution is 2.39. The standard InChI is InChI=1S/C12H5Cl4NO/c13-8-4-2-7(10(15)11(8)16)12-9(14)3-1-6(5-18)17-12/h1-5H. The summed E-state index contributed by atoms with van der Waals surface area (Å²) in [5, 5.41) is 1.20. The van der Waals surface area contributed by atoms with Gasteiger partial charge in [0.15, 0.2) is 6.29 Å². The summed E-state index contributed by atoms with van der Waals surface area (Å²) in [6.45, 7) is 0. The largest absolute Gasteiger partial charge is 0.296 e. The molecule has 0 amide bonds. The van der Waals surface area contributed by atoms with E-state index in [4.69, 9.17) is 46.4 Å². The molecule has 0 N–H and O–H groups in total. The lowest BCUT2D eigenvalue weighted by molar-refractivity contribution is 0.111. The maximum atomic E-state index is 10.7. The van der Waals surface area contributed by atoms with E-state index in [9.17, 15) is 4.79 Å². The monoisotopic (exact) mass is 319 g/mol. The second kappa shape index (κ2) is 5.45. The summed E-state index contributed by atoms with van der Waals surface area (Å²) >= 11 is 23.9. The lowest BCUT2D eigenvalue weighted by Gasteiger charge is -2.08. The number of pyridine rings is 1. The normalized spacial score (nSPS) is 10.4. The number of halogens is 4. The third-order valence-corrected chi connectivity index (χ3v) is 3.88. The molecule has 0 saturated heterocycles. The quantitative estimate of drug-likeness (QED) is 0.564. The molecule has 0 saturated carbocycles. The highest BCUT2D eigenvalue weighted by molar-refractivity contribution is 6.49. The third-order valence-electron chi connectivity index (χ3n) is 2.28. The van der Waals surface area contributed by atoms with E-state index < -0.39 is 0 Å². The average molecular weight is 321 g/mol. The van der Waals surface area contributed by atoms with Gasteiger partial charge in [0.25, 0.3) is 0 Å². The fourth-order valence-electron chi connectivity index (χ4n) is 1.42. The van der Waals surface area contributed by atoms with Gasteiger partial charge in [0.05, 0.1) is 25.8 Å². The highest BCUT2D eigenvalue weighted by atomic mass is 35.5. The van der Waals surface area contributed by atoms with Crippen LogP contribution in [0.5, 0.6) is 0 Å². The van der Waals surface area contributed by atoms with E-state index in [0.29, 0.717) is 27.6 Å². The van der Waals surface area contributed by atoms with Gasteiger partial charge >= 0.3 is 0 Å². The van der Waals surface area contributed by atoms with Crippen LogP contribution in [0.4, 0.5) is 0 Å². The fourth-order valence-corrected chi connectivity index (χ4v) is 2.25. The van der Waals surface area contributed by atoms with Gasteiger partial charge in [-0.05, 0) is 24.3 Å². The molecule has 0 fully saturated rings. The minimum absolute atomic E-state index is 0.227. The van der Waals surface area contributed by atoms with Gasteiger partial charge in [0.2, 0.25) is 0 Å². The molecule has 1 heterocycles. The van der Waals surface area contributed by atoms with Crippen molar-refractivity contribution in [3.05, 3.63) is 50.0 Å². The van der Waals surface area contributed by atoms with E-state index in [1.165, 1.54) is 6.07 Å². The summed E-state index contributed by atoms with van der Waals surface area (Å²) in [4.78, 5) is 14.8. The molecule has 0 atom stereocenters. The molecule has 0 unspecified atom stereocenters. The van der Waals surface area contributed by atoms with Gasteiger partial charge < -0.3 is 0 Å². The molecule has 0 bridgehead atoms. The number of nitrogens with zero attached hydrogens (tertiary/aromatic N) is 1. The van der Waals surface area contributed by atoms with Crippen LogP contribution in [0.1, 0.15) is 10.5 Å². The van der Waals surface area contributed by atoms with Gasteiger partial charge in [-0.1, -0.05) is 46.4 Å². The molecular weight excluding hydrogens is 316 g/mol. The molecular formula is C12H5Cl4NO. The Labute approximate surface area is 123 Å². The first-order valence-electron chi connectivity index (χ1n) is 4.80. The molecule has 92 valence electrons. The topological polar surface area (TPSA) is 30.0 Å². The number of aldehydes is 1. The van der Waals surface area contributed by atoms with Crippen LogP contribution in [0.2, 0.25) is 20.1 Å². The molecule has 0 radical (unpaired) electrons. The van der Waals surface area contributed by atoms with Crippen LogP contribution >= 0.6 is 46.4 Å². The van der Waals surface area contributed by atoms with Crippen LogP contribution in [0, 0.1) is 0 Å². The second-order valence-electron chi connectivity index (χ2n) is 3.41. The summed E-state index contributed by atoms with van der Waals surface area (Å²) in [5.41, 5.74) is 1.18. The molecule has 0 spiro atoms. The van der Waals surface area contributed by atoms with E-state index >= 15 is 0 Å². The molecule has 2 rings (SSSR count). The Hall–Kier alpha value is -0.800. The first-order chi connectivity index (χ1) is 8.54. The van der Waals surface area contributed by atoms with Crippen LogP contribution in [-0.2, 0) is 0 Å². The zero-order valence-corrected chi connectivity index (χ0v) is 11.8. The Balaban J connectivity index is 2.69.